The Morgan fingerprint density at radius 2 is 1.54 bits per heavy atom. The number of halogens is 1. The Balaban J connectivity index is 1.42. The highest BCUT2D eigenvalue weighted by Crippen LogP contribution is 2.32. The van der Waals surface area contributed by atoms with Gasteiger partial charge in [0.05, 0.1) is 19.9 Å². The number of carbonyl (C=O) groups excluding carboxylic acids is 1. The molecule has 0 atom stereocenters. The van der Waals surface area contributed by atoms with E-state index in [-0.39, 0.29) is 16.6 Å². The van der Waals surface area contributed by atoms with E-state index < -0.39 is 10.0 Å². The third-order valence-electron chi connectivity index (χ3n) is 5.80. The molecule has 4 aromatic rings. The van der Waals surface area contributed by atoms with Crippen molar-refractivity contribution in [2.24, 2.45) is 0 Å². The Labute approximate surface area is 233 Å². The van der Waals surface area contributed by atoms with Crippen LogP contribution in [0.1, 0.15) is 10.4 Å². The van der Waals surface area contributed by atoms with Crippen LogP contribution in [0.3, 0.4) is 0 Å². The number of carbonyl (C=O) groups is 1. The van der Waals surface area contributed by atoms with Crippen molar-refractivity contribution >= 4 is 38.9 Å². The third kappa shape index (κ3) is 7.22. The Kier molecular flexibility index (Phi) is 8.96. The van der Waals surface area contributed by atoms with Crippen molar-refractivity contribution in [1.82, 2.24) is 5.32 Å². The molecule has 4 rings (SSSR count). The molecule has 0 heterocycles. The number of ether oxygens (including phenoxy) is 2. The third-order valence-corrected chi connectivity index (χ3v) is 7.44. The van der Waals surface area contributed by atoms with Crippen molar-refractivity contribution < 1.29 is 22.7 Å². The van der Waals surface area contributed by atoms with Crippen molar-refractivity contribution in [3.63, 3.8) is 0 Å². The molecule has 0 aliphatic carbocycles. The lowest BCUT2D eigenvalue weighted by atomic mass is 10.1. The molecule has 0 bridgehead atoms. The topological polar surface area (TPSA) is 106 Å². The first-order chi connectivity index (χ1) is 18.8. The molecule has 10 heteroatoms. The van der Waals surface area contributed by atoms with Gasteiger partial charge >= 0.3 is 0 Å². The highest BCUT2D eigenvalue weighted by Gasteiger charge is 2.21. The average Bonchev–Trinajstić information content (AvgIpc) is 2.95. The molecule has 1 amide bonds. The summed E-state index contributed by atoms with van der Waals surface area (Å²) in [5, 5.41) is 6.58. The van der Waals surface area contributed by atoms with Crippen molar-refractivity contribution in [1.29, 1.82) is 0 Å². The minimum atomic E-state index is -3.99. The number of nitrogens with one attached hydrogen (secondary N) is 3. The fourth-order valence-corrected chi connectivity index (χ4v) is 5.32. The predicted octanol–water partition coefficient (Wildman–Crippen LogP) is 5.67. The van der Waals surface area contributed by atoms with E-state index in [0.717, 1.165) is 5.56 Å². The Morgan fingerprint density at radius 1 is 0.795 bits per heavy atom. The minimum Gasteiger partial charge on any atom is -0.497 e. The van der Waals surface area contributed by atoms with Crippen LogP contribution in [-0.2, 0) is 10.0 Å². The number of methoxy groups -OCH3 is 2. The van der Waals surface area contributed by atoms with Crippen LogP contribution < -0.4 is 24.8 Å². The van der Waals surface area contributed by atoms with E-state index in [9.17, 15) is 13.2 Å². The highest BCUT2D eigenvalue weighted by molar-refractivity contribution is 7.92. The smallest absolute Gasteiger partial charge is 0.265 e. The zero-order chi connectivity index (χ0) is 27.8. The maximum Gasteiger partial charge on any atom is 0.265 e. The highest BCUT2D eigenvalue weighted by atomic mass is 35.5. The quantitative estimate of drug-likeness (QED) is 0.202. The molecule has 4 aromatic carbocycles. The maximum absolute atomic E-state index is 13.4. The second kappa shape index (κ2) is 12.6. The predicted molar refractivity (Wildman–Crippen MR) is 155 cm³/mol. The number of hydrogen-bond donors (Lipinski definition) is 3. The molecular weight excluding hydrogens is 538 g/mol. The number of amides is 1. The first-order valence-electron chi connectivity index (χ1n) is 12.0. The van der Waals surface area contributed by atoms with Crippen LogP contribution in [-0.4, -0.2) is 41.6 Å². The van der Waals surface area contributed by atoms with Gasteiger partial charge in [-0.25, -0.2) is 8.42 Å². The van der Waals surface area contributed by atoms with Gasteiger partial charge in [-0.2, -0.15) is 0 Å². The second-order valence-electron chi connectivity index (χ2n) is 8.48. The normalized spacial score (nSPS) is 10.9. The summed E-state index contributed by atoms with van der Waals surface area (Å²) in [4.78, 5) is 12.4. The SMILES string of the molecule is COc1cccc(C(=O)NCCNc2cccc(NS(=O)(=O)c3cc(-c4cccc(Cl)c4)ccc3OC)c2)c1. The van der Waals surface area contributed by atoms with Crippen molar-refractivity contribution in [3.8, 4) is 22.6 Å². The number of anilines is 2. The maximum atomic E-state index is 13.4. The summed E-state index contributed by atoms with van der Waals surface area (Å²) in [6.45, 7) is 0.793. The summed E-state index contributed by atoms with van der Waals surface area (Å²) in [7, 11) is -1.02. The van der Waals surface area contributed by atoms with Gasteiger partial charge in [-0.05, 0) is 71.8 Å². The molecule has 0 aliphatic heterocycles. The molecule has 0 fully saturated rings. The van der Waals surface area contributed by atoms with Gasteiger partial charge in [-0.3, -0.25) is 9.52 Å². The van der Waals surface area contributed by atoms with E-state index in [2.05, 4.69) is 15.4 Å². The zero-order valence-electron chi connectivity index (χ0n) is 21.4. The van der Waals surface area contributed by atoms with E-state index in [1.54, 1.807) is 86.0 Å². The van der Waals surface area contributed by atoms with Gasteiger partial charge in [0.25, 0.3) is 15.9 Å². The lowest BCUT2D eigenvalue weighted by Gasteiger charge is -2.14. The van der Waals surface area contributed by atoms with Gasteiger partial charge in [0.2, 0.25) is 0 Å². The van der Waals surface area contributed by atoms with Crippen LogP contribution in [0.15, 0.2) is 95.9 Å². The average molecular weight is 566 g/mol. The van der Waals surface area contributed by atoms with E-state index in [1.165, 1.54) is 7.11 Å². The molecule has 0 spiro atoms. The summed E-state index contributed by atoms with van der Waals surface area (Å²) < 4.78 is 39.8. The summed E-state index contributed by atoms with van der Waals surface area (Å²) in [5.74, 6) is 0.606. The molecule has 39 heavy (non-hydrogen) atoms. The molecule has 0 aliphatic rings. The van der Waals surface area contributed by atoms with Gasteiger partial charge in [0.15, 0.2) is 0 Å². The fraction of sp³-hybridized carbons (Fsp3) is 0.138. The first-order valence-corrected chi connectivity index (χ1v) is 13.9. The van der Waals surface area contributed by atoms with Crippen molar-refractivity contribution in [2.45, 2.75) is 4.90 Å². The van der Waals surface area contributed by atoms with Crippen molar-refractivity contribution in [3.05, 3.63) is 102 Å². The van der Waals surface area contributed by atoms with Crippen LogP contribution in [0.5, 0.6) is 11.5 Å². The number of benzene rings is 4. The van der Waals surface area contributed by atoms with Crippen molar-refractivity contribution in [2.75, 3.05) is 37.3 Å². The van der Waals surface area contributed by atoms with Gasteiger partial charge < -0.3 is 20.1 Å². The lowest BCUT2D eigenvalue weighted by Crippen LogP contribution is -2.28. The molecule has 202 valence electrons. The monoisotopic (exact) mass is 565 g/mol. The minimum absolute atomic E-state index is 0.00101. The van der Waals surface area contributed by atoms with Crippen LogP contribution >= 0.6 is 11.6 Å². The summed E-state index contributed by atoms with van der Waals surface area (Å²) in [5.41, 5.74) is 3.03. The standard InChI is InChI=1S/C29H28ClN3O5S/c1-37-26-11-4-7-22(17-26)29(34)32-15-14-31-24-9-5-10-25(19-24)33-39(35,36)28-18-21(12-13-27(28)38-2)20-6-3-8-23(30)16-20/h3-13,16-19,31,33H,14-15H2,1-2H3,(H,32,34). The Hall–Kier alpha value is -4.21. The van der Waals surface area contributed by atoms with Gasteiger partial charge in [-0.1, -0.05) is 41.9 Å². The number of sulfonamides is 1. The summed E-state index contributed by atoms with van der Waals surface area (Å²) >= 11 is 6.12. The second-order valence-corrected chi connectivity index (χ2v) is 10.6. The Bertz CT molecular complexity index is 1580. The lowest BCUT2D eigenvalue weighted by molar-refractivity contribution is 0.0955. The molecule has 0 unspecified atom stereocenters. The number of rotatable bonds is 11. The summed E-state index contributed by atoms with van der Waals surface area (Å²) in [6, 6.07) is 25.9. The van der Waals surface area contributed by atoms with Gasteiger partial charge in [0, 0.05) is 29.4 Å². The van der Waals surface area contributed by atoms with Crippen LogP contribution in [0, 0.1) is 0 Å². The van der Waals surface area contributed by atoms with E-state index >= 15 is 0 Å². The van der Waals surface area contributed by atoms with E-state index in [0.29, 0.717) is 46.4 Å². The van der Waals surface area contributed by atoms with E-state index in [4.69, 9.17) is 21.1 Å². The molecule has 0 radical (unpaired) electrons. The van der Waals surface area contributed by atoms with Gasteiger partial charge in [-0.15, -0.1) is 0 Å². The zero-order valence-corrected chi connectivity index (χ0v) is 23.0. The first kappa shape index (κ1) is 27.8. The molecule has 3 N–H and O–H groups in total. The van der Waals surface area contributed by atoms with Crippen LogP contribution in [0.2, 0.25) is 5.02 Å². The Morgan fingerprint density at radius 3 is 2.31 bits per heavy atom. The molecular formula is C29H28ClN3O5S. The number of hydrogen-bond acceptors (Lipinski definition) is 6. The van der Waals surface area contributed by atoms with Crippen LogP contribution in [0.25, 0.3) is 11.1 Å². The summed E-state index contributed by atoms with van der Waals surface area (Å²) in [6.07, 6.45) is 0. The fourth-order valence-electron chi connectivity index (χ4n) is 3.89. The molecule has 0 saturated carbocycles. The molecule has 0 saturated heterocycles. The molecule has 8 nitrogen and oxygen atoms in total. The van der Waals surface area contributed by atoms with Crippen LogP contribution in [0.4, 0.5) is 11.4 Å². The largest absolute Gasteiger partial charge is 0.497 e. The van der Waals surface area contributed by atoms with E-state index in [1.807, 2.05) is 12.1 Å². The van der Waals surface area contributed by atoms with Gasteiger partial charge in [0.1, 0.15) is 16.4 Å². The molecule has 0 aromatic heterocycles.